The van der Waals surface area contributed by atoms with Gasteiger partial charge >= 0.3 is 5.97 Å². The van der Waals surface area contributed by atoms with E-state index < -0.39 is 12.0 Å². The fourth-order valence-electron chi connectivity index (χ4n) is 3.67. The Kier molecular flexibility index (Phi) is 4.61. The van der Waals surface area contributed by atoms with E-state index in [0.717, 1.165) is 33.1 Å². The Balaban J connectivity index is 1.83. The molecule has 0 bridgehead atoms. The van der Waals surface area contributed by atoms with Crippen molar-refractivity contribution in [3.05, 3.63) is 66.5 Å². The minimum Gasteiger partial charge on any atom is -0.467 e. The summed E-state index contributed by atoms with van der Waals surface area (Å²) >= 11 is 0. The first-order valence-corrected chi connectivity index (χ1v) is 9.09. The van der Waals surface area contributed by atoms with Crippen LogP contribution in [0, 0.1) is 0 Å². The highest BCUT2D eigenvalue weighted by Crippen LogP contribution is 2.29. The summed E-state index contributed by atoms with van der Waals surface area (Å²) in [5, 5.41) is 4.84. The number of fused-ring (bicyclic) bond motifs is 2. The third-order valence-electron chi connectivity index (χ3n) is 4.91. The number of benzene rings is 2. The molecule has 0 aliphatic rings. The zero-order valence-corrected chi connectivity index (χ0v) is 15.7. The van der Waals surface area contributed by atoms with Crippen LogP contribution in [-0.2, 0) is 20.7 Å². The summed E-state index contributed by atoms with van der Waals surface area (Å²) in [5.41, 5.74) is 4.09. The number of methoxy groups -OCH3 is 1. The number of rotatable bonds is 5. The van der Waals surface area contributed by atoms with Gasteiger partial charge in [-0.1, -0.05) is 36.4 Å². The largest absolute Gasteiger partial charge is 0.467 e. The number of aromatic nitrogens is 2. The first-order chi connectivity index (χ1) is 13.6. The smallest absolute Gasteiger partial charge is 0.328 e. The highest BCUT2D eigenvalue weighted by Gasteiger charge is 2.23. The van der Waals surface area contributed by atoms with Crippen molar-refractivity contribution in [3.8, 4) is 5.69 Å². The van der Waals surface area contributed by atoms with Gasteiger partial charge in [0.1, 0.15) is 6.04 Å². The van der Waals surface area contributed by atoms with Gasteiger partial charge in [-0.15, -0.1) is 0 Å². The number of hydrogen-bond donors (Lipinski definition) is 2. The van der Waals surface area contributed by atoms with Gasteiger partial charge in [0.15, 0.2) is 0 Å². The number of carbonyl (C=O) groups is 2. The first kappa shape index (κ1) is 17.9. The fourth-order valence-corrected chi connectivity index (χ4v) is 3.67. The van der Waals surface area contributed by atoms with Gasteiger partial charge in [-0.05, 0) is 17.7 Å². The van der Waals surface area contributed by atoms with E-state index in [0.29, 0.717) is 6.42 Å². The van der Waals surface area contributed by atoms with Crippen LogP contribution >= 0.6 is 0 Å². The van der Waals surface area contributed by atoms with Gasteiger partial charge in [0.2, 0.25) is 5.91 Å². The van der Waals surface area contributed by atoms with Crippen LogP contribution in [0.5, 0.6) is 0 Å². The summed E-state index contributed by atoms with van der Waals surface area (Å²) < 4.78 is 6.99. The van der Waals surface area contributed by atoms with Crippen LogP contribution in [-0.4, -0.2) is 34.6 Å². The summed E-state index contributed by atoms with van der Waals surface area (Å²) in [5.74, 6) is -0.727. The Hall–Kier alpha value is -3.54. The second-order valence-electron chi connectivity index (χ2n) is 6.74. The second-order valence-corrected chi connectivity index (χ2v) is 6.74. The molecule has 0 saturated heterocycles. The van der Waals surface area contributed by atoms with Gasteiger partial charge in [-0.25, -0.2) is 4.79 Å². The monoisotopic (exact) mass is 375 g/mol. The van der Waals surface area contributed by atoms with E-state index in [1.165, 1.54) is 14.0 Å². The number of amides is 1. The summed E-state index contributed by atoms with van der Waals surface area (Å²) in [7, 11) is 1.33. The normalized spacial score (nSPS) is 12.2. The molecule has 1 atom stereocenters. The van der Waals surface area contributed by atoms with E-state index in [1.54, 1.807) is 0 Å². The number of hydrogen-bond acceptors (Lipinski definition) is 3. The van der Waals surface area contributed by atoms with Gasteiger partial charge in [0.05, 0.1) is 18.3 Å². The van der Waals surface area contributed by atoms with Crippen molar-refractivity contribution in [2.24, 2.45) is 0 Å². The van der Waals surface area contributed by atoms with Crippen LogP contribution in [0.25, 0.3) is 27.5 Å². The standard InChI is InChI=1S/C22H21N3O3/c1-14(26)24-19(22(27)28-2)11-15-13-25(20-10-6-4-7-16(15)20)21-12-23-18-9-5-3-8-17(18)21/h3-10,12-13,19,23H,11H2,1-2H3,(H,24,26). The summed E-state index contributed by atoms with van der Waals surface area (Å²) in [4.78, 5) is 27.0. The second kappa shape index (κ2) is 7.23. The zero-order chi connectivity index (χ0) is 19.7. The quantitative estimate of drug-likeness (QED) is 0.525. The molecule has 0 spiro atoms. The zero-order valence-electron chi connectivity index (χ0n) is 15.7. The average Bonchev–Trinajstić information content (AvgIpc) is 3.28. The maximum Gasteiger partial charge on any atom is 0.328 e. The predicted molar refractivity (Wildman–Crippen MR) is 108 cm³/mol. The van der Waals surface area contributed by atoms with Crippen molar-refractivity contribution in [2.75, 3.05) is 7.11 Å². The van der Waals surface area contributed by atoms with Gasteiger partial charge in [-0.2, -0.15) is 0 Å². The molecule has 0 saturated carbocycles. The molecule has 4 aromatic rings. The van der Waals surface area contributed by atoms with Crippen LogP contribution < -0.4 is 5.32 Å². The average molecular weight is 375 g/mol. The Morgan fingerprint density at radius 1 is 1.11 bits per heavy atom. The maximum absolute atomic E-state index is 12.1. The van der Waals surface area contributed by atoms with Gasteiger partial charge < -0.3 is 19.6 Å². The van der Waals surface area contributed by atoms with E-state index in [4.69, 9.17) is 4.74 Å². The molecular weight excluding hydrogens is 354 g/mol. The van der Waals surface area contributed by atoms with Crippen molar-refractivity contribution in [1.82, 2.24) is 14.9 Å². The lowest BCUT2D eigenvalue weighted by Crippen LogP contribution is -2.41. The topological polar surface area (TPSA) is 76.1 Å². The van der Waals surface area contributed by atoms with E-state index >= 15 is 0 Å². The van der Waals surface area contributed by atoms with Gasteiger partial charge in [0.25, 0.3) is 0 Å². The van der Waals surface area contributed by atoms with Gasteiger partial charge in [0, 0.05) is 42.0 Å². The van der Waals surface area contributed by atoms with Crippen molar-refractivity contribution in [1.29, 1.82) is 0 Å². The first-order valence-electron chi connectivity index (χ1n) is 9.09. The molecule has 28 heavy (non-hydrogen) atoms. The number of aromatic amines is 1. The lowest BCUT2D eigenvalue weighted by Gasteiger charge is -2.14. The highest BCUT2D eigenvalue weighted by atomic mass is 16.5. The number of para-hydroxylation sites is 2. The number of nitrogens with zero attached hydrogens (tertiary/aromatic N) is 1. The number of carbonyl (C=O) groups excluding carboxylic acids is 2. The third kappa shape index (κ3) is 3.13. The van der Waals surface area contributed by atoms with Crippen LogP contribution in [0.1, 0.15) is 12.5 Å². The Morgan fingerprint density at radius 2 is 1.82 bits per heavy atom. The number of ether oxygens (including phenoxy) is 1. The molecule has 6 nitrogen and oxygen atoms in total. The lowest BCUT2D eigenvalue weighted by atomic mass is 10.1. The van der Waals surface area contributed by atoms with Gasteiger partial charge in [-0.3, -0.25) is 4.79 Å². The molecule has 2 aromatic carbocycles. The Morgan fingerprint density at radius 3 is 2.57 bits per heavy atom. The number of H-pyrrole nitrogens is 1. The van der Waals surface area contributed by atoms with Crippen LogP contribution in [0.3, 0.4) is 0 Å². The molecule has 2 N–H and O–H groups in total. The molecule has 0 aliphatic carbocycles. The van der Waals surface area contributed by atoms with Crippen LogP contribution in [0.4, 0.5) is 0 Å². The van der Waals surface area contributed by atoms with E-state index in [2.05, 4.69) is 20.9 Å². The SMILES string of the molecule is COC(=O)C(Cc1cn(-c2c[nH]c3ccccc23)c2ccccc12)NC(C)=O. The number of esters is 1. The summed E-state index contributed by atoms with van der Waals surface area (Å²) in [6, 6.07) is 15.4. The molecular formula is C22H21N3O3. The summed E-state index contributed by atoms with van der Waals surface area (Å²) in [6.45, 7) is 1.39. The third-order valence-corrected chi connectivity index (χ3v) is 4.91. The molecule has 4 rings (SSSR count). The fraction of sp³-hybridized carbons (Fsp3) is 0.182. The maximum atomic E-state index is 12.1. The number of nitrogens with one attached hydrogen (secondary N) is 2. The molecule has 2 heterocycles. The van der Waals surface area contributed by atoms with Crippen LogP contribution in [0.15, 0.2) is 60.9 Å². The molecule has 0 fully saturated rings. The van der Waals surface area contributed by atoms with Crippen molar-refractivity contribution in [3.63, 3.8) is 0 Å². The molecule has 6 heteroatoms. The van der Waals surface area contributed by atoms with E-state index in [-0.39, 0.29) is 5.91 Å². The van der Waals surface area contributed by atoms with Crippen molar-refractivity contribution in [2.45, 2.75) is 19.4 Å². The molecule has 0 aliphatic heterocycles. The molecule has 0 radical (unpaired) electrons. The Labute approximate surface area is 162 Å². The minimum atomic E-state index is -0.732. The molecule has 1 amide bonds. The Bertz CT molecular complexity index is 1170. The van der Waals surface area contributed by atoms with E-state index in [1.807, 2.05) is 54.9 Å². The lowest BCUT2D eigenvalue weighted by molar-refractivity contribution is -0.144. The van der Waals surface area contributed by atoms with E-state index in [9.17, 15) is 9.59 Å². The highest BCUT2D eigenvalue weighted by molar-refractivity contribution is 5.93. The molecule has 1 unspecified atom stereocenters. The predicted octanol–water partition coefficient (Wildman–Crippen LogP) is 3.33. The minimum absolute atomic E-state index is 0.268. The molecule has 2 aromatic heterocycles. The van der Waals surface area contributed by atoms with Crippen molar-refractivity contribution >= 4 is 33.7 Å². The summed E-state index contributed by atoms with van der Waals surface area (Å²) in [6.07, 6.45) is 4.35. The van der Waals surface area contributed by atoms with Crippen LogP contribution in [0.2, 0.25) is 0 Å². The molecule has 142 valence electrons. The van der Waals surface area contributed by atoms with Crippen molar-refractivity contribution < 1.29 is 14.3 Å².